The van der Waals surface area contributed by atoms with Gasteiger partial charge in [-0.1, -0.05) is 53.4 Å². The molecule has 1 N–H and O–H groups in total. The van der Waals surface area contributed by atoms with Crippen molar-refractivity contribution in [2.24, 2.45) is 5.92 Å². The molecule has 0 saturated heterocycles. The van der Waals surface area contributed by atoms with Crippen molar-refractivity contribution >= 4 is 5.97 Å². The van der Waals surface area contributed by atoms with Crippen LogP contribution in [0.4, 0.5) is 0 Å². The van der Waals surface area contributed by atoms with Crippen molar-refractivity contribution < 1.29 is 14.6 Å². The summed E-state index contributed by atoms with van der Waals surface area (Å²) in [5.41, 5.74) is 0. The highest BCUT2D eigenvalue weighted by atomic mass is 16.5. The third-order valence-electron chi connectivity index (χ3n) is 2.33. The molecule has 110 valence electrons. The normalized spacial score (nSPS) is 9.89. The molecule has 18 heavy (non-hydrogen) atoms. The summed E-state index contributed by atoms with van der Waals surface area (Å²) in [5, 5.41) is 8.14. The molecule has 0 aliphatic carbocycles. The van der Waals surface area contributed by atoms with Crippen LogP contribution in [0.5, 0.6) is 0 Å². The molecule has 0 heterocycles. The van der Waals surface area contributed by atoms with Crippen LogP contribution in [-0.4, -0.2) is 24.3 Å². The Labute approximate surface area is 113 Å². The SMILES string of the molecule is CC(C)CO.CCCCCCCOC(=O)CCC. The van der Waals surface area contributed by atoms with Gasteiger partial charge in [-0.2, -0.15) is 0 Å². The maximum absolute atomic E-state index is 10.9. The van der Waals surface area contributed by atoms with Gasteiger partial charge < -0.3 is 9.84 Å². The molecule has 0 aliphatic rings. The lowest BCUT2D eigenvalue weighted by Crippen LogP contribution is -2.04. The number of carbonyl (C=O) groups is 1. The van der Waals surface area contributed by atoms with Crippen LogP contribution >= 0.6 is 0 Å². The van der Waals surface area contributed by atoms with Gasteiger partial charge in [0.15, 0.2) is 0 Å². The van der Waals surface area contributed by atoms with Gasteiger partial charge in [0, 0.05) is 13.0 Å². The van der Waals surface area contributed by atoms with Gasteiger partial charge in [0.1, 0.15) is 0 Å². The van der Waals surface area contributed by atoms with Crippen molar-refractivity contribution in [3.63, 3.8) is 0 Å². The minimum absolute atomic E-state index is 0.0435. The number of unbranched alkanes of at least 4 members (excludes halogenated alkanes) is 4. The van der Waals surface area contributed by atoms with Crippen molar-refractivity contribution in [1.82, 2.24) is 0 Å². The van der Waals surface area contributed by atoms with E-state index in [2.05, 4.69) is 6.92 Å². The fraction of sp³-hybridized carbons (Fsp3) is 0.933. The summed E-state index contributed by atoms with van der Waals surface area (Å²) in [5.74, 6) is 0.396. The van der Waals surface area contributed by atoms with E-state index >= 15 is 0 Å². The summed E-state index contributed by atoms with van der Waals surface area (Å²) in [4.78, 5) is 10.9. The second-order valence-corrected chi connectivity index (χ2v) is 4.96. The average Bonchev–Trinajstić information content (AvgIpc) is 2.34. The number of aliphatic hydroxyl groups excluding tert-OH is 1. The zero-order valence-electron chi connectivity index (χ0n) is 12.7. The van der Waals surface area contributed by atoms with Crippen molar-refractivity contribution in [3.05, 3.63) is 0 Å². The van der Waals surface area contributed by atoms with E-state index < -0.39 is 0 Å². The predicted octanol–water partition coefficient (Wildman–Crippen LogP) is 3.93. The van der Waals surface area contributed by atoms with Crippen LogP contribution in [0, 0.1) is 5.92 Å². The molecule has 0 aromatic carbocycles. The predicted molar refractivity (Wildman–Crippen MR) is 76.5 cm³/mol. The average molecular weight is 260 g/mol. The van der Waals surface area contributed by atoms with Gasteiger partial charge in [-0.3, -0.25) is 4.79 Å². The lowest BCUT2D eigenvalue weighted by Gasteiger charge is -2.03. The van der Waals surface area contributed by atoms with Gasteiger partial charge in [0.25, 0.3) is 0 Å². The van der Waals surface area contributed by atoms with E-state index in [4.69, 9.17) is 9.84 Å². The molecule has 0 spiro atoms. The summed E-state index contributed by atoms with van der Waals surface area (Å²) in [7, 11) is 0. The van der Waals surface area contributed by atoms with E-state index in [1.807, 2.05) is 20.8 Å². The second kappa shape index (κ2) is 16.4. The van der Waals surface area contributed by atoms with E-state index in [1.165, 1.54) is 25.7 Å². The highest BCUT2D eigenvalue weighted by Crippen LogP contribution is 2.02. The van der Waals surface area contributed by atoms with Crippen LogP contribution in [0.3, 0.4) is 0 Å². The first-order valence-corrected chi connectivity index (χ1v) is 7.34. The molecule has 0 aliphatic heterocycles. The first-order chi connectivity index (χ1) is 8.58. The van der Waals surface area contributed by atoms with E-state index in [-0.39, 0.29) is 5.97 Å². The van der Waals surface area contributed by atoms with Crippen molar-refractivity contribution in [1.29, 1.82) is 0 Å². The molecule has 0 atom stereocenters. The standard InChI is InChI=1S/C11H22O2.C4H10O/c1-3-5-6-7-8-10-13-11(12)9-4-2;1-4(2)3-5/h3-10H2,1-2H3;4-5H,3H2,1-2H3. The van der Waals surface area contributed by atoms with Gasteiger partial charge in [0.2, 0.25) is 0 Å². The highest BCUT2D eigenvalue weighted by Gasteiger charge is 1.99. The Balaban J connectivity index is 0. The first-order valence-electron chi connectivity index (χ1n) is 7.34. The molecular formula is C15H32O3. The monoisotopic (exact) mass is 260 g/mol. The first kappa shape index (κ1) is 19.8. The van der Waals surface area contributed by atoms with Gasteiger partial charge in [-0.25, -0.2) is 0 Å². The van der Waals surface area contributed by atoms with Gasteiger partial charge in [-0.15, -0.1) is 0 Å². The van der Waals surface area contributed by atoms with Gasteiger partial charge >= 0.3 is 5.97 Å². The molecular weight excluding hydrogens is 228 g/mol. The minimum Gasteiger partial charge on any atom is -0.466 e. The van der Waals surface area contributed by atoms with Crippen LogP contribution in [0.15, 0.2) is 0 Å². The summed E-state index contributed by atoms with van der Waals surface area (Å²) >= 11 is 0. The molecule has 0 saturated carbocycles. The summed E-state index contributed by atoms with van der Waals surface area (Å²) in [6.45, 7) is 9.05. The lowest BCUT2D eigenvalue weighted by atomic mass is 10.2. The molecule has 0 bridgehead atoms. The van der Waals surface area contributed by atoms with Crippen molar-refractivity contribution in [2.45, 2.75) is 72.6 Å². The highest BCUT2D eigenvalue weighted by molar-refractivity contribution is 5.69. The Hall–Kier alpha value is -0.570. The number of aliphatic hydroxyl groups is 1. The molecule has 3 heteroatoms. The van der Waals surface area contributed by atoms with Crippen LogP contribution in [0.1, 0.15) is 72.6 Å². The third-order valence-corrected chi connectivity index (χ3v) is 2.33. The lowest BCUT2D eigenvalue weighted by molar-refractivity contribution is -0.143. The van der Waals surface area contributed by atoms with Crippen LogP contribution in [0.25, 0.3) is 0 Å². The van der Waals surface area contributed by atoms with Gasteiger partial charge in [-0.05, 0) is 18.8 Å². The van der Waals surface area contributed by atoms with E-state index in [9.17, 15) is 4.79 Å². The zero-order valence-corrected chi connectivity index (χ0v) is 12.7. The number of rotatable bonds is 9. The minimum atomic E-state index is -0.0435. The van der Waals surface area contributed by atoms with E-state index in [1.54, 1.807) is 0 Å². The van der Waals surface area contributed by atoms with Gasteiger partial charge in [0.05, 0.1) is 6.61 Å². The topological polar surface area (TPSA) is 46.5 Å². The van der Waals surface area contributed by atoms with Crippen LogP contribution in [-0.2, 0) is 9.53 Å². The Kier molecular flexibility index (Phi) is 18.0. The summed E-state index contributed by atoms with van der Waals surface area (Å²) < 4.78 is 5.02. The van der Waals surface area contributed by atoms with Crippen molar-refractivity contribution in [2.75, 3.05) is 13.2 Å². The summed E-state index contributed by atoms with van der Waals surface area (Å²) in [6.07, 6.45) is 7.48. The number of carbonyl (C=O) groups excluding carboxylic acids is 1. The molecule has 0 unspecified atom stereocenters. The molecule has 3 nitrogen and oxygen atoms in total. The van der Waals surface area contributed by atoms with Crippen molar-refractivity contribution in [3.8, 4) is 0 Å². The molecule has 0 aromatic rings. The van der Waals surface area contributed by atoms with E-state index in [0.717, 1.165) is 12.8 Å². The Morgan fingerprint density at radius 1 is 1.06 bits per heavy atom. The maximum atomic E-state index is 10.9. The summed E-state index contributed by atoms with van der Waals surface area (Å²) in [6, 6.07) is 0. The number of hydrogen-bond donors (Lipinski definition) is 1. The third kappa shape index (κ3) is 20.8. The number of esters is 1. The van der Waals surface area contributed by atoms with E-state index in [0.29, 0.717) is 25.6 Å². The fourth-order valence-corrected chi connectivity index (χ4v) is 1.17. The smallest absolute Gasteiger partial charge is 0.305 e. The Morgan fingerprint density at radius 2 is 1.61 bits per heavy atom. The fourth-order valence-electron chi connectivity index (χ4n) is 1.17. The zero-order chi connectivity index (χ0) is 14.2. The number of ether oxygens (including phenoxy) is 1. The van der Waals surface area contributed by atoms with Crippen LogP contribution in [0.2, 0.25) is 0 Å². The quantitative estimate of drug-likeness (QED) is 0.504. The maximum Gasteiger partial charge on any atom is 0.305 e. The van der Waals surface area contributed by atoms with Crippen LogP contribution < -0.4 is 0 Å². The second-order valence-electron chi connectivity index (χ2n) is 4.96. The Bertz CT molecular complexity index is 167. The Morgan fingerprint density at radius 3 is 2.06 bits per heavy atom. The number of hydrogen-bond acceptors (Lipinski definition) is 3. The molecule has 0 aromatic heterocycles. The largest absolute Gasteiger partial charge is 0.466 e. The molecule has 0 fully saturated rings. The molecule has 0 rings (SSSR count). The molecule has 0 radical (unpaired) electrons. The molecule has 0 amide bonds.